The number of ether oxygens (including phenoxy) is 2. The zero-order valence-corrected chi connectivity index (χ0v) is 17.8. The van der Waals surface area contributed by atoms with E-state index in [1.165, 1.54) is 20.4 Å². The van der Waals surface area contributed by atoms with Crippen molar-refractivity contribution in [2.24, 2.45) is 0 Å². The van der Waals surface area contributed by atoms with Gasteiger partial charge in [0.05, 0.1) is 31.3 Å². The predicted octanol–water partition coefficient (Wildman–Crippen LogP) is 3.53. The third-order valence-electron chi connectivity index (χ3n) is 5.12. The quantitative estimate of drug-likeness (QED) is 0.262. The van der Waals surface area contributed by atoms with Crippen LogP contribution in [0.4, 0.5) is 5.69 Å². The molecule has 0 aliphatic carbocycles. The molecule has 1 aliphatic rings. The first kappa shape index (κ1) is 21.8. The maximum Gasteiger partial charge on any atom is 0.336 e. The molecule has 0 saturated carbocycles. The summed E-state index contributed by atoms with van der Waals surface area (Å²) >= 11 is 0. The van der Waals surface area contributed by atoms with Crippen LogP contribution >= 0.6 is 0 Å². The summed E-state index contributed by atoms with van der Waals surface area (Å²) in [7, 11) is 2.58. The third-order valence-corrected chi connectivity index (χ3v) is 5.12. The van der Waals surface area contributed by atoms with Gasteiger partial charge in [0.2, 0.25) is 5.69 Å². The van der Waals surface area contributed by atoms with Gasteiger partial charge >= 0.3 is 11.9 Å². The molecule has 0 unspecified atom stereocenters. The minimum atomic E-state index is -0.687. The standard InChI is InChI=1S/C24H24N2O5/c1-15-20(23(27)30-3)22(21(16(2)25-15)24(28)31-4)18-10-12-19(13-11-18)26(29)14-17-8-6-5-7-9-17/h5-14,22,25H,1-4H3/b26-14-. The molecule has 0 radical (unpaired) electrons. The SMILES string of the molecule is COC(=O)C1=C(C)NC(C)=C(C(=O)OC)C1c1ccc(/[N+]([O-])=C/c2ccccc2)cc1. The zero-order valence-electron chi connectivity index (χ0n) is 17.8. The Bertz CT molecular complexity index is 1040. The minimum absolute atomic E-state index is 0.316. The highest BCUT2D eigenvalue weighted by Crippen LogP contribution is 2.39. The van der Waals surface area contributed by atoms with E-state index in [0.717, 1.165) is 10.3 Å². The van der Waals surface area contributed by atoms with Crippen molar-refractivity contribution in [2.75, 3.05) is 14.2 Å². The summed E-state index contributed by atoms with van der Waals surface area (Å²) in [6.07, 6.45) is 1.48. The molecule has 0 spiro atoms. The summed E-state index contributed by atoms with van der Waals surface area (Å²) in [5.74, 6) is -1.78. The maximum absolute atomic E-state index is 12.5. The van der Waals surface area contributed by atoms with Crippen molar-refractivity contribution in [1.82, 2.24) is 5.32 Å². The van der Waals surface area contributed by atoms with Crippen molar-refractivity contribution < 1.29 is 23.8 Å². The van der Waals surface area contributed by atoms with Gasteiger partial charge < -0.3 is 20.0 Å². The Kier molecular flexibility index (Phi) is 6.55. The number of hydrogen-bond donors (Lipinski definition) is 1. The topological polar surface area (TPSA) is 90.7 Å². The van der Waals surface area contributed by atoms with Crippen LogP contribution < -0.4 is 5.32 Å². The number of hydrogen-bond acceptors (Lipinski definition) is 6. The highest BCUT2D eigenvalue weighted by Gasteiger charge is 2.37. The summed E-state index contributed by atoms with van der Waals surface area (Å²) in [4.78, 5) is 25.1. The predicted molar refractivity (Wildman–Crippen MR) is 117 cm³/mol. The van der Waals surface area contributed by atoms with Gasteiger partial charge in [0.1, 0.15) is 0 Å². The van der Waals surface area contributed by atoms with Gasteiger partial charge in [0.15, 0.2) is 6.21 Å². The second-order valence-electron chi connectivity index (χ2n) is 7.08. The number of carbonyl (C=O) groups excluding carboxylic acids is 2. The maximum atomic E-state index is 12.5. The van der Waals surface area contributed by atoms with Crippen molar-refractivity contribution in [1.29, 1.82) is 0 Å². The lowest BCUT2D eigenvalue weighted by Crippen LogP contribution is -2.32. The Morgan fingerprint density at radius 2 is 1.42 bits per heavy atom. The van der Waals surface area contributed by atoms with Gasteiger partial charge in [0.25, 0.3) is 0 Å². The van der Waals surface area contributed by atoms with Crippen LogP contribution in [0.15, 0.2) is 77.1 Å². The van der Waals surface area contributed by atoms with Crippen molar-refractivity contribution in [2.45, 2.75) is 19.8 Å². The van der Waals surface area contributed by atoms with E-state index in [-0.39, 0.29) is 0 Å². The fourth-order valence-electron chi connectivity index (χ4n) is 3.65. The Morgan fingerprint density at radius 1 is 0.903 bits per heavy atom. The number of methoxy groups -OCH3 is 2. The van der Waals surface area contributed by atoms with Crippen LogP contribution in [0.2, 0.25) is 0 Å². The Hall–Kier alpha value is -3.87. The Labute approximate surface area is 180 Å². The monoisotopic (exact) mass is 420 g/mol. The van der Waals surface area contributed by atoms with Crippen LogP contribution in [0.5, 0.6) is 0 Å². The normalized spacial score (nSPS) is 14.9. The van der Waals surface area contributed by atoms with E-state index in [1.54, 1.807) is 38.1 Å². The number of esters is 2. The average molecular weight is 420 g/mol. The van der Waals surface area contributed by atoms with Gasteiger partial charge in [-0.3, -0.25) is 0 Å². The molecule has 1 aliphatic heterocycles. The van der Waals surface area contributed by atoms with Crippen LogP contribution in [0.3, 0.4) is 0 Å². The summed E-state index contributed by atoms with van der Waals surface area (Å²) in [5.41, 5.74) is 3.67. The van der Waals surface area contributed by atoms with Gasteiger partial charge in [0, 0.05) is 29.1 Å². The molecule has 0 fully saturated rings. The van der Waals surface area contributed by atoms with Gasteiger partial charge in [-0.2, -0.15) is 4.74 Å². The smallest absolute Gasteiger partial charge is 0.336 e. The summed E-state index contributed by atoms with van der Waals surface area (Å²) in [6, 6.07) is 16.0. The number of dihydropyridines is 1. The Morgan fingerprint density at radius 3 is 1.90 bits per heavy atom. The highest BCUT2D eigenvalue weighted by molar-refractivity contribution is 5.99. The number of nitrogens with one attached hydrogen (secondary N) is 1. The minimum Gasteiger partial charge on any atom is -0.618 e. The molecule has 1 heterocycles. The average Bonchev–Trinajstić information content (AvgIpc) is 2.78. The molecule has 2 aromatic rings. The fraction of sp³-hybridized carbons (Fsp3) is 0.208. The molecule has 0 aromatic heterocycles. The number of carbonyl (C=O) groups is 2. The largest absolute Gasteiger partial charge is 0.618 e. The molecule has 2 aromatic carbocycles. The lowest BCUT2D eigenvalue weighted by Gasteiger charge is -2.30. The zero-order chi connectivity index (χ0) is 22.5. The van der Waals surface area contributed by atoms with E-state index in [0.29, 0.717) is 33.8 Å². The van der Waals surface area contributed by atoms with Gasteiger partial charge in [-0.15, -0.1) is 0 Å². The van der Waals surface area contributed by atoms with Crippen molar-refractivity contribution in [3.05, 3.63) is 93.5 Å². The second-order valence-corrected chi connectivity index (χ2v) is 7.08. The molecule has 0 amide bonds. The molecule has 160 valence electrons. The number of allylic oxidation sites excluding steroid dienone is 2. The molecule has 1 N–H and O–H groups in total. The molecular formula is C24H24N2O5. The lowest BCUT2D eigenvalue weighted by molar-refractivity contribution is -0.354. The molecule has 31 heavy (non-hydrogen) atoms. The molecule has 7 nitrogen and oxygen atoms in total. The lowest BCUT2D eigenvalue weighted by atomic mass is 9.80. The van der Waals surface area contributed by atoms with E-state index < -0.39 is 17.9 Å². The first-order valence-corrected chi connectivity index (χ1v) is 9.68. The van der Waals surface area contributed by atoms with Crippen LogP contribution in [0.1, 0.15) is 30.9 Å². The van der Waals surface area contributed by atoms with Gasteiger partial charge in [-0.25, -0.2) is 9.59 Å². The fourth-order valence-corrected chi connectivity index (χ4v) is 3.65. The van der Waals surface area contributed by atoms with E-state index in [4.69, 9.17) is 9.47 Å². The molecular weight excluding hydrogens is 396 g/mol. The van der Waals surface area contributed by atoms with E-state index in [2.05, 4.69) is 5.32 Å². The van der Waals surface area contributed by atoms with E-state index >= 15 is 0 Å². The van der Waals surface area contributed by atoms with Crippen LogP contribution in [-0.2, 0) is 19.1 Å². The molecule has 7 heteroatoms. The Balaban J connectivity index is 2.04. The van der Waals surface area contributed by atoms with Crippen molar-refractivity contribution in [3.8, 4) is 0 Å². The van der Waals surface area contributed by atoms with Gasteiger partial charge in [-0.05, 0) is 31.5 Å². The first-order valence-electron chi connectivity index (χ1n) is 9.68. The summed E-state index contributed by atoms with van der Waals surface area (Å²) in [6.45, 7) is 3.50. The first-order chi connectivity index (χ1) is 14.9. The van der Waals surface area contributed by atoms with Crippen LogP contribution in [0, 0.1) is 5.21 Å². The highest BCUT2D eigenvalue weighted by atomic mass is 16.5. The third kappa shape index (κ3) is 4.50. The van der Waals surface area contributed by atoms with Crippen LogP contribution in [-0.4, -0.2) is 37.1 Å². The molecule has 3 rings (SSSR count). The second kappa shape index (κ2) is 9.30. The van der Waals surface area contributed by atoms with E-state index in [9.17, 15) is 14.8 Å². The summed E-state index contributed by atoms with van der Waals surface area (Å²) < 4.78 is 10.7. The van der Waals surface area contributed by atoms with Crippen molar-refractivity contribution >= 4 is 23.8 Å². The van der Waals surface area contributed by atoms with E-state index in [1.807, 2.05) is 30.3 Å². The number of benzene rings is 2. The molecule has 0 saturated heterocycles. The number of nitrogens with zero attached hydrogens (tertiary/aromatic N) is 1. The van der Waals surface area contributed by atoms with Crippen molar-refractivity contribution in [3.63, 3.8) is 0 Å². The van der Waals surface area contributed by atoms with Gasteiger partial charge in [-0.1, -0.05) is 30.3 Å². The molecule has 0 atom stereocenters. The molecule has 0 bridgehead atoms. The van der Waals surface area contributed by atoms with Crippen LogP contribution in [0.25, 0.3) is 0 Å². The number of rotatable bonds is 5. The summed E-state index contributed by atoms with van der Waals surface area (Å²) in [5, 5.41) is 15.6.